The average molecular weight is 313 g/mol. The second-order valence-electron chi connectivity index (χ2n) is 5.82. The number of fused-ring (bicyclic) bond motifs is 1. The minimum Gasteiger partial charge on any atom is -0.485 e. The van der Waals surface area contributed by atoms with E-state index in [0.717, 1.165) is 0 Å². The molecule has 0 saturated carbocycles. The van der Waals surface area contributed by atoms with Gasteiger partial charge >= 0.3 is 0 Å². The Hall–Kier alpha value is -2.77. The summed E-state index contributed by atoms with van der Waals surface area (Å²) < 4.78 is 5.86. The zero-order valence-electron chi connectivity index (χ0n) is 13.3. The van der Waals surface area contributed by atoms with Crippen molar-refractivity contribution in [3.8, 4) is 18.0 Å². The largest absolute Gasteiger partial charge is 0.485 e. The van der Waals surface area contributed by atoms with E-state index in [1.807, 2.05) is 6.92 Å². The van der Waals surface area contributed by atoms with Gasteiger partial charge in [0, 0.05) is 12.1 Å². The Balaban J connectivity index is 2.63. The molecule has 7 heteroatoms. The van der Waals surface area contributed by atoms with Crippen LogP contribution >= 0.6 is 0 Å². The van der Waals surface area contributed by atoms with E-state index in [9.17, 15) is 5.11 Å². The molecule has 0 aromatic heterocycles. The third kappa shape index (κ3) is 2.92. The second kappa shape index (κ2) is 6.15. The molecule has 120 valence electrons. The predicted molar refractivity (Wildman–Crippen MR) is 84.2 cm³/mol. The van der Waals surface area contributed by atoms with Gasteiger partial charge in [0.1, 0.15) is 17.5 Å². The number of aliphatic imine (C=N–C) groups is 1. The van der Waals surface area contributed by atoms with Gasteiger partial charge in [0.25, 0.3) is 0 Å². The summed E-state index contributed by atoms with van der Waals surface area (Å²) in [6, 6.07) is 6.54. The van der Waals surface area contributed by atoms with Crippen LogP contribution in [0.5, 0.6) is 5.75 Å². The predicted octanol–water partition coefficient (Wildman–Crippen LogP) is 1.25. The van der Waals surface area contributed by atoms with Crippen LogP contribution in [0.2, 0.25) is 0 Å². The Bertz CT molecular complexity index is 714. The van der Waals surface area contributed by atoms with E-state index in [1.54, 1.807) is 43.1 Å². The van der Waals surface area contributed by atoms with Crippen LogP contribution in [0, 0.1) is 22.8 Å². The van der Waals surface area contributed by atoms with Crippen molar-refractivity contribution in [3.63, 3.8) is 0 Å². The summed E-state index contributed by atoms with van der Waals surface area (Å²) in [4.78, 5) is 5.21. The summed E-state index contributed by atoms with van der Waals surface area (Å²) in [7, 11) is 0. The van der Waals surface area contributed by atoms with Gasteiger partial charge in [-0.2, -0.15) is 10.5 Å². The van der Waals surface area contributed by atoms with Gasteiger partial charge in [-0.3, -0.25) is 0 Å². The Morgan fingerprint density at radius 3 is 2.74 bits per heavy atom. The molecule has 1 aromatic rings. The molecule has 0 spiro atoms. The maximum atomic E-state index is 10.8. The highest BCUT2D eigenvalue weighted by Crippen LogP contribution is 2.43. The summed E-state index contributed by atoms with van der Waals surface area (Å²) >= 11 is 0. The smallest absolute Gasteiger partial charge is 0.209 e. The normalized spacial score (nSPS) is 22.3. The zero-order valence-corrected chi connectivity index (χ0v) is 13.3. The number of ether oxygens (including phenoxy) is 1. The van der Waals surface area contributed by atoms with Crippen molar-refractivity contribution >= 4 is 5.96 Å². The topological polar surface area (TPSA) is 119 Å². The SMILES string of the molecule is CCN(C(N)=NC#N)C1c2cc(C#N)ccc2OC(C)(C)C1O. The molecule has 1 aromatic carbocycles. The van der Waals surface area contributed by atoms with Crippen molar-refractivity contribution in [2.24, 2.45) is 10.7 Å². The number of rotatable bonds is 2. The molecule has 0 amide bonds. The molecule has 0 radical (unpaired) electrons. The first kappa shape index (κ1) is 16.6. The fourth-order valence-corrected chi connectivity index (χ4v) is 2.79. The van der Waals surface area contributed by atoms with Crippen LogP contribution in [0.3, 0.4) is 0 Å². The first-order chi connectivity index (χ1) is 10.9. The molecule has 1 aliphatic rings. The molecule has 2 atom stereocenters. The lowest BCUT2D eigenvalue weighted by atomic mass is 9.85. The molecule has 2 unspecified atom stereocenters. The fourth-order valence-electron chi connectivity index (χ4n) is 2.79. The molecule has 0 bridgehead atoms. The van der Waals surface area contributed by atoms with Crippen molar-refractivity contribution in [2.75, 3.05) is 6.54 Å². The van der Waals surface area contributed by atoms with Gasteiger partial charge in [0.15, 0.2) is 0 Å². The number of likely N-dealkylation sites (N-methyl/N-ethyl adjacent to an activating group) is 1. The van der Waals surface area contributed by atoms with Crippen LogP contribution in [0.25, 0.3) is 0 Å². The fraction of sp³-hybridized carbons (Fsp3) is 0.438. The van der Waals surface area contributed by atoms with Gasteiger partial charge in [0.05, 0.1) is 17.7 Å². The molecular formula is C16H19N5O2. The van der Waals surface area contributed by atoms with E-state index in [2.05, 4.69) is 11.1 Å². The lowest BCUT2D eigenvalue weighted by Gasteiger charge is -2.46. The highest BCUT2D eigenvalue weighted by molar-refractivity contribution is 5.79. The number of hydrogen-bond acceptors (Lipinski definition) is 5. The Morgan fingerprint density at radius 2 is 2.17 bits per heavy atom. The van der Waals surface area contributed by atoms with E-state index in [1.165, 1.54) is 0 Å². The number of hydrogen-bond donors (Lipinski definition) is 2. The van der Waals surface area contributed by atoms with Gasteiger partial charge in [-0.15, -0.1) is 4.99 Å². The second-order valence-corrected chi connectivity index (χ2v) is 5.82. The van der Waals surface area contributed by atoms with Crippen LogP contribution < -0.4 is 10.5 Å². The summed E-state index contributed by atoms with van der Waals surface area (Å²) in [6.07, 6.45) is 0.739. The number of nitrogens with two attached hydrogens (primary N) is 1. The van der Waals surface area contributed by atoms with E-state index < -0.39 is 17.7 Å². The minimum absolute atomic E-state index is 0.0186. The number of guanidine groups is 1. The highest BCUT2D eigenvalue weighted by atomic mass is 16.5. The monoisotopic (exact) mass is 313 g/mol. The average Bonchev–Trinajstić information content (AvgIpc) is 2.51. The molecule has 7 nitrogen and oxygen atoms in total. The van der Waals surface area contributed by atoms with E-state index in [4.69, 9.17) is 21.0 Å². The number of nitriles is 2. The first-order valence-corrected chi connectivity index (χ1v) is 7.25. The van der Waals surface area contributed by atoms with Crippen LogP contribution in [0.1, 0.15) is 37.9 Å². The zero-order chi connectivity index (χ0) is 17.2. The molecule has 0 saturated heterocycles. The van der Waals surface area contributed by atoms with Gasteiger partial charge in [-0.1, -0.05) is 0 Å². The molecule has 1 aliphatic heterocycles. The maximum absolute atomic E-state index is 10.8. The van der Waals surface area contributed by atoms with E-state index >= 15 is 0 Å². The molecule has 3 N–H and O–H groups in total. The highest BCUT2D eigenvalue weighted by Gasteiger charge is 2.45. The van der Waals surface area contributed by atoms with Gasteiger partial charge in [-0.25, -0.2) is 0 Å². The van der Waals surface area contributed by atoms with Gasteiger partial charge in [0.2, 0.25) is 12.2 Å². The summed E-state index contributed by atoms with van der Waals surface area (Å²) in [5.74, 6) is 0.595. The maximum Gasteiger partial charge on any atom is 0.209 e. The summed E-state index contributed by atoms with van der Waals surface area (Å²) in [5, 5.41) is 28.7. The molecule has 0 fully saturated rings. The number of aliphatic hydroxyl groups excluding tert-OH is 1. The Morgan fingerprint density at radius 1 is 1.48 bits per heavy atom. The Labute approximate surface area is 135 Å². The number of benzene rings is 1. The standard InChI is InChI=1S/C16H19N5O2/c1-4-21(15(19)20-9-18)13-11-7-10(8-17)5-6-12(11)23-16(2,3)14(13)22/h5-7,13-14,22H,4H2,1-3H3,(H2,19,20). The van der Waals surface area contributed by atoms with Crippen molar-refractivity contribution in [2.45, 2.75) is 38.5 Å². The summed E-state index contributed by atoms with van der Waals surface area (Å²) in [6.45, 7) is 5.84. The van der Waals surface area contributed by atoms with Crippen molar-refractivity contribution < 1.29 is 9.84 Å². The molecule has 1 heterocycles. The Kier molecular flexibility index (Phi) is 4.44. The lowest BCUT2D eigenvalue weighted by Crippen LogP contribution is -2.55. The quantitative estimate of drug-likeness (QED) is 0.482. The molecule has 0 aliphatic carbocycles. The van der Waals surface area contributed by atoms with E-state index in [-0.39, 0.29) is 5.96 Å². The van der Waals surface area contributed by atoms with Crippen LogP contribution in [0.15, 0.2) is 23.2 Å². The first-order valence-electron chi connectivity index (χ1n) is 7.25. The summed E-state index contributed by atoms with van der Waals surface area (Å²) in [5.41, 5.74) is 6.13. The van der Waals surface area contributed by atoms with Crippen molar-refractivity contribution in [1.29, 1.82) is 10.5 Å². The number of aliphatic hydroxyl groups is 1. The third-order valence-electron chi connectivity index (χ3n) is 3.98. The minimum atomic E-state index is -0.920. The van der Waals surface area contributed by atoms with Crippen molar-refractivity contribution in [3.05, 3.63) is 29.3 Å². The molecule has 2 rings (SSSR count). The van der Waals surface area contributed by atoms with Gasteiger partial charge in [-0.05, 0) is 39.0 Å². The van der Waals surface area contributed by atoms with Crippen LogP contribution in [-0.2, 0) is 0 Å². The van der Waals surface area contributed by atoms with Crippen molar-refractivity contribution in [1.82, 2.24) is 4.90 Å². The molecule has 23 heavy (non-hydrogen) atoms. The number of nitrogens with zero attached hydrogens (tertiary/aromatic N) is 4. The lowest BCUT2D eigenvalue weighted by molar-refractivity contribution is -0.0811. The van der Waals surface area contributed by atoms with Crippen LogP contribution in [0.4, 0.5) is 0 Å². The van der Waals surface area contributed by atoms with E-state index in [0.29, 0.717) is 23.4 Å². The molecular weight excluding hydrogens is 294 g/mol. The van der Waals surface area contributed by atoms with Gasteiger partial charge < -0.3 is 20.5 Å². The third-order valence-corrected chi connectivity index (χ3v) is 3.98. The van der Waals surface area contributed by atoms with Crippen LogP contribution in [-0.4, -0.2) is 34.2 Å².